The molecule has 0 unspecified atom stereocenters. The molecule has 0 saturated heterocycles. The van der Waals surface area contributed by atoms with E-state index in [2.05, 4.69) is 10.6 Å². The van der Waals surface area contributed by atoms with Gasteiger partial charge in [0.05, 0.1) is 5.69 Å². The van der Waals surface area contributed by atoms with Gasteiger partial charge in [0.25, 0.3) is 5.91 Å². The van der Waals surface area contributed by atoms with Crippen LogP contribution in [-0.4, -0.2) is 32.1 Å². The van der Waals surface area contributed by atoms with Gasteiger partial charge in [0.15, 0.2) is 6.61 Å². The summed E-state index contributed by atoms with van der Waals surface area (Å²) in [6.45, 7) is 2.45. The molecule has 1 amide bonds. The smallest absolute Gasteiger partial charge is 0.262 e. The van der Waals surface area contributed by atoms with Crippen molar-refractivity contribution >= 4 is 11.6 Å². The third kappa shape index (κ3) is 3.18. The van der Waals surface area contributed by atoms with E-state index in [9.17, 15) is 4.79 Å². The minimum absolute atomic E-state index is 0.101. The maximum Gasteiger partial charge on any atom is 0.262 e. The van der Waals surface area contributed by atoms with Gasteiger partial charge < -0.3 is 21.1 Å². The predicted molar refractivity (Wildman–Crippen MR) is 66.2 cm³/mol. The van der Waals surface area contributed by atoms with Crippen molar-refractivity contribution in [1.82, 2.24) is 5.32 Å². The summed E-state index contributed by atoms with van der Waals surface area (Å²) in [4.78, 5) is 11.2. The van der Waals surface area contributed by atoms with Crippen LogP contribution in [-0.2, 0) is 11.2 Å². The van der Waals surface area contributed by atoms with Gasteiger partial charge in [-0.15, -0.1) is 0 Å². The highest BCUT2D eigenvalue weighted by Gasteiger charge is 2.15. The van der Waals surface area contributed by atoms with Crippen molar-refractivity contribution in [2.45, 2.75) is 6.42 Å². The molecule has 0 fully saturated rings. The molecule has 4 N–H and O–H groups in total. The average molecular weight is 235 g/mol. The summed E-state index contributed by atoms with van der Waals surface area (Å²) in [5, 5.41) is 6.03. The molecule has 1 heterocycles. The summed E-state index contributed by atoms with van der Waals surface area (Å²) in [6, 6.07) is 5.87. The lowest BCUT2D eigenvalue weighted by molar-refractivity contribution is -0.118. The quantitative estimate of drug-likeness (QED) is 0.633. The maximum atomic E-state index is 11.2. The molecule has 0 bridgehead atoms. The van der Waals surface area contributed by atoms with E-state index in [0.717, 1.165) is 30.9 Å². The second-order valence-corrected chi connectivity index (χ2v) is 3.96. The Labute approximate surface area is 100 Å². The van der Waals surface area contributed by atoms with Crippen LogP contribution in [0.15, 0.2) is 18.2 Å². The third-order valence-electron chi connectivity index (χ3n) is 2.59. The average Bonchev–Trinajstić information content (AvgIpc) is 2.34. The van der Waals surface area contributed by atoms with Gasteiger partial charge >= 0.3 is 0 Å². The van der Waals surface area contributed by atoms with Crippen molar-refractivity contribution in [3.05, 3.63) is 23.8 Å². The minimum atomic E-state index is -0.101. The Morgan fingerprint density at radius 1 is 1.41 bits per heavy atom. The van der Waals surface area contributed by atoms with Gasteiger partial charge in [0.2, 0.25) is 0 Å². The molecule has 1 aliphatic heterocycles. The standard InChI is InChI=1S/C12H17N3O2/c13-4-6-14-5-3-9-1-2-11-10(7-9)15-12(16)8-17-11/h1-2,7,14H,3-6,8,13H2,(H,15,16). The van der Waals surface area contributed by atoms with E-state index in [0.29, 0.717) is 6.54 Å². The largest absolute Gasteiger partial charge is 0.482 e. The number of benzene rings is 1. The van der Waals surface area contributed by atoms with Crippen LogP contribution in [0.3, 0.4) is 0 Å². The van der Waals surface area contributed by atoms with E-state index >= 15 is 0 Å². The fourth-order valence-electron chi connectivity index (χ4n) is 1.75. The lowest BCUT2D eigenvalue weighted by atomic mass is 10.1. The zero-order valence-electron chi connectivity index (χ0n) is 9.66. The Kier molecular flexibility index (Phi) is 3.95. The van der Waals surface area contributed by atoms with Crippen LogP contribution in [0.2, 0.25) is 0 Å². The molecule has 0 saturated carbocycles. The maximum absolute atomic E-state index is 11.2. The number of amides is 1. The monoisotopic (exact) mass is 235 g/mol. The number of carbonyl (C=O) groups excluding carboxylic acids is 1. The second-order valence-electron chi connectivity index (χ2n) is 3.96. The highest BCUT2D eigenvalue weighted by atomic mass is 16.5. The minimum Gasteiger partial charge on any atom is -0.482 e. The van der Waals surface area contributed by atoms with Crippen LogP contribution >= 0.6 is 0 Å². The van der Waals surface area contributed by atoms with E-state index in [1.807, 2.05) is 18.2 Å². The number of carbonyl (C=O) groups is 1. The van der Waals surface area contributed by atoms with Gasteiger partial charge in [-0.05, 0) is 30.7 Å². The van der Waals surface area contributed by atoms with Gasteiger partial charge in [-0.3, -0.25) is 4.79 Å². The van der Waals surface area contributed by atoms with E-state index < -0.39 is 0 Å². The summed E-state index contributed by atoms with van der Waals surface area (Å²) in [5.74, 6) is 0.638. The Bertz CT molecular complexity index is 407. The summed E-state index contributed by atoms with van der Waals surface area (Å²) in [7, 11) is 0. The first-order valence-electron chi connectivity index (χ1n) is 5.76. The number of fused-ring (bicyclic) bond motifs is 1. The lowest BCUT2D eigenvalue weighted by Crippen LogP contribution is -2.26. The number of rotatable bonds is 5. The molecular formula is C12H17N3O2. The van der Waals surface area contributed by atoms with Gasteiger partial charge in [-0.25, -0.2) is 0 Å². The van der Waals surface area contributed by atoms with Gasteiger partial charge in [0.1, 0.15) is 5.75 Å². The lowest BCUT2D eigenvalue weighted by Gasteiger charge is -2.18. The first-order chi connectivity index (χ1) is 8.29. The van der Waals surface area contributed by atoms with Crippen molar-refractivity contribution in [1.29, 1.82) is 0 Å². The zero-order chi connectivity index (χ0) is 12.1. The normalized spacial score (nSPS) is 13.8. The molecule has 0 aliphatic carbocycles. The number of nitrogens with one attached hydrogen (secondary N) is 2. The first kappa shape index (κ1) is 11.9. The molecule has 1 aromatic rings. The molecule has 0 radical (unpaired) electrons. The SMILES string of the molecule is NCCNCCc1ccc2c(c1)NC(=O)CO2. The molecule has 17 heavy (non-hydrogen) atoms. The molecule has 5 heteroatoms. The fourth-order valence-corrected chi connectivity index (χ4v) is 1.75. The highest BCUT2D eigenvalue weighted by molar-refractivity contribution is 5.95. The molecular weight excluding hydrogens is 218 g/mol. The first-order valence-corrected chi connectivity index (χ1v) is 5.76. The van der Waals surface area contributed by atoms with Crippen LogP contribution in [0.1, 0.15) is 5.56 Å². The van der Waals surface area contributed by atoms with Crippen molar-refractivity contribution in [3.8, 4) is 5.75 Å². The molecule has 0 spiro atoms. The Morgan fingerprint density at radius 3 is 3.12 bits per heavy atom. The molecule has 1 aromatic carbocycles. The third-order valence-corrected chi connectivity index (χ3v) is 2.59. The molecule has 92 valence electrons. The van der Waals surface area contributed by atoms with Gasteiger partial charge in [0, 0.05) is 13.1 Å². The van der Waals surface area contributed by atoms with Crippen LogP contribution < -0.4 is 21.1 Å². The predicted octanol–water partition coefficient (Wildman–Crippen LogP) is 0.108. The van der Waals surface area contributed by atoms with Crippen molar-refractivity contribution in [3.63, 3.8) is 0 Å². The number of hydrogen-bond donors (Lipinski definition) is 3. The second kappa shape index (κ2) is 5.65. The molecule has 0 aromatic heterocycles. The highest BCUT2D eigenvalue weighted by Crippen LogP contribution is 2.28. The van der Waals surface area contributed by atoms with Crippen molar-refractivity contribution in [2.75, 3.05) is 31.6 Å². The topological polar surface area (TPSA) is 76.4 Å². The summed E-state index contributed by atoms with van der Waals surface area (Å²) < 4.78 is 5.29. The van der Waals surface area contributed by atoms with E-state index in [1.165, 1.54) is 5.56 Å². The van der Waals surface area contributed by atoms with Crippen LogP contribution in [0.5, 0.6) is 5.75 Å². The zero-order valence-corrected chi connectivity index (χ0v) is 9.66. The summed E-state index contributed by atoms with van der Waals surface area (Å²) in [6.07, 6.45) is 0.906. The Morgan fingerprint density at radius 2 is 2.29 bits per heavy atom. The summed E-state index contributed by atoms with van der Waals surface area (Å²) in [5.41, 5.74) is 7.32. The van der Waals surface area contributed by atoms with Gasteiger partial charge in [-0.2, -0.15) is 0 Å². The number of hydrogen-bond acceptors (Lipinski definition) is 4. The van der Waals surface area contributed by atoms with Crippen LogP contribution in [0.4, 0.5) is 5.69 Å². The van der Waals surface area contributed by atoms with E-state index in [4.69, 9.17) is 10.5 Å². The molecule has 0 atom stereocenters. The fraction of sp³-hybridized carbons (Fsp3) is 0.417. The molecule has 5 nitrogen and oxygen atoms in total. The Hall–Kier alpha value is -1.59. The number of nitrogens with two attached hydrogens (primary N) is 1. The molecule has 1 aliphatic rings. The van der Waals surface area contributed by atoms with Gasteiger partial charge in [-0.1, -0.05) is 6.07 Å². The summed E-state index contributed by atoms with van der Waals surface area (Å²) >= 11 is 0. The molecule has 2 rings (SSSR count). The Balaban J connectivity index is 1.95. The number of anilines is 1. The van der Waals surface area contributed by atoms with Crippen LogP contribution in [0, 0.1) is 0 Å². The van der Waals surface area contributed by atoms with Crippen molar-refractivity contribution in [2.24, 2.45) is 5.73 Å². The van der Waals surface area contributed by atoms with E-state index in [-0.39, 0.29) is 12.5 Å². The van der Waals surface area contributed by atoms with Crippen molar-refractivity contribution < 1.29 is 9.53 Å². The number of ether oxygens (including phenoxy) is 1. The van der Waals surface area contributed by atoms with E-state index in [1.54, 1.807) is 0 Å². The van der Waals surface area contributed by atoms with Crippen LogP contribution in [0.25, 0.3) is 0 Å².